The summed E-state index contributed by atoms with van der Waals surface area (Å²) in [5, 5.41) is 4.18. The van der Waals surface area contributed by atoms with Gasteiger partial charge in [-0.1, -0.05) is 17.7 Å². The lowest BCUT2D eigenvalue weighted by atomic mass is 10.1. The molecule has 2 rings (SSSR count). The molecule has 1 saturated carbocycles. The first-order valence-corrected chi connectivity index (χ1v) is 7.52. The van der Waals surface area contributed by atoms with Gasteiger partial charge in [-0.05, 0) is 64.2 Å². The van der Waals surface area contributed by atoms with Crippen LogP contribution in [-0.2, 0) is 6.54 Å². The largest absolute Gasteiger partial charge is 0.489 e. The van der Waals surface area contributed by atoms with E-state index < -0.39 is 0 Å². The molecule has 1 aromatic rings. The molecule has 0 unspecified atom stereocenters. The monoisotopic (exact) mass is 281 g/mol. The molecule has 0 bridgehead atoms. The predicted molar refractivity (Wildman–Crippen MR) is 80.9 cm³/mol. The summed E-state index contributed by atoms with van der Waals surface area (Å²) in [6.07, 6.45) is 5.22. The summed E-state index contributed by atoms with van der Waals surface area (Å²) in [7, 11) is 0. The maximum atomic E-state index is 6.31. The fourth-order valence-corrected chi connectivity index (χ4v) is 2.55. The minimum atomic E-state index is 0.117. The van der Waals surface area contributed by atoms with E-state index in [4.69, 9.17) is 16.3 Å². The average Bonchev–Trinajstić information content (AvgIpc) is 2.81. The molecule has 1 aromatic carbocycles. The Morgan fingerprint density at radius 1 is 1.26 bits per heavy atom. The zero-order valence-corrected chi connectivity index (χ0v) is 12.9. The number of hydrogen-bond acceptors (Lipinski definition) is 2. The molecule has 2 nitrogen and oxygen atoms in total. The van der Waals surface area contributed by atoms with E-state index in [9.17, 15) is 0 Å². The molecule has 0 amide bonds. The normalized spacial score (nSPS) is 16.8. The van der Waals surface area contributed by atoms with Crippen LogP contribution in [0.4, 0.5) is 0 Å². The summed E-state index contributed by atoms with van der Waals surface area (Å²) >= 11 is 6.31. The number of ether oxygens (including phenoxy) is 1. The van der Waals surface area contributed by atoms with Gasteiger partial charge in [-0.3, -0.25) is 0 Å². The van der Waals surface area contributed by atoms with Gasteiger partial charge in [-0.25, -0.2) is 0 Å². The Labute approximate surface area is 121 Å². The van der Waals surface area contributed by atoms with E-state index in [0.29, 0.717) is 6.10 Å². The summed E-state index contributed by atoms with van der Waals surface area (Å²) < 4.78 is 5.95. The summed E-state index contributed by atoms with van der Waals surface area (Å²) in [5.41, 5.74) is 1.31. The van der Waals surface area contributed by atoms with Crippen LogP contribution >= 0.6 is 11.6 Å². The van der Waals surface area contributed by atoms with Crippen molar-refractivity contribution < 1.29 is 4.74 Å². The molecule has 1 fully saturated rings. The van der Waals surface area contributed by atoms with E-state index in [1.807, 2.05) is 12.1 Å². The Morgan fingerprint density at radius 2 is 1.95 bits per heavy atom. The summed E-state index contributed by atoms with van der Waals surface area (Å²) in [5.74, 6) is 0.827. The van der Waals surface area contributed by atoms with Crippen molar-refractivity contribution in [2.75, 3.05) is 0 Å². The van der Waals surface area contributed by atoms with E-state index in [0.717, 1.165) is 30.2 Å². The van der Waals surface area contributed by atoms with Crippen LogP contribution in [0, 0.1) is 0 Å². The first-order chi connectivity index (χ1) is 8.94. The van der Waals surface area contributed by atoms with Gasteiger partial charge < -0.3 is 10.1 Å². The van der Waals surface area contributed by atoms with Crippen molar-refractivity contribution in [2.45, 2.75) is 64.6 Å². The molecular weight excluding hydrogens is 258 g/mol. The second kappa shape index (κ2) is 6.15. The molecular formula is C16H24ClNO. The minimum absolute atomic E-state index is 0.117. The number of rotatable bonds is 4. The van der Waals surface area contributed by atoms with E-state index in [-0.39, 0.29) is 5.54 Å². The Morgan fingerprint density at radius 3 is 2.53 bits per heavy atom. The van der Waals surface area contributed by atoms with Gasteiger partial charge in [0.1, 0.15) is 5.75 Å². The van der Waals surface area contributed by atoms with Crippen molar-refractivity contribution in [3.05, 3.63) is 28.8 Å². The Balaban J connectivity index is 1.96. The average molecular weight is 282 g/mol. The number of halogens is 1. The zero-order chi connectivity index (χ0) is 13.9. The van der Waals surface area contributed by atoms with E-state index >= 15 is 0 Å². The molecule has 0 radical (unpaired) electrons. The fourth-order valence-electron chi connectivity index (χ4n) is 2.30. The number of nitrogens with one attached hydrogen (secondary N) is 1. The van der Waals surface area contributed by atoms with Crippen molar-refractivity contribution in [3.8, 4) is 5.75 Å². The Kier molecular flexibility index (Phi) is 4.75. The highest BCUT2D eigenvalue weighted by atomic mass is 35.5. The molecule has 0 spiro atoms. The lowest BCUT2D eigenvalue weighted by molar-refractivity contribution is 0.210. The third-order valence-electron chi connectivity index (χ3n) is 3.41. The molecule has 1 aliphatic rings. The van der Waals surface area contributed by atoms with Gasteiger partial charge in [0.15, 0.2) is 0 Å². The molecule has 0 heterocycles. The molecule has 3 heteroatoms. The Bertz CT molecular complexity index is 419. The van der Waals surface area contributed by atoms with Crippen molar-refractivity contribution in [3.63, 3.8) is 0 Å². The standard InChI is InChI=1S/C16H24ClNO/c1-16(2,3)18-11-12-8-9-15(14(17)10-12)19-13-6-4-5-7-13/h8-10,13,18H,4-7,11H2,1-3H3. The summed E-state index contributed by atoms with van der Waals surface area (Å²) in [4.78, 5) is 0. The third-order valence-corrected chi connectivity index (χ3v) is 3.71. The van der Waals surface area contributed by atoms with Gasteiger partial charge in [0.05, 0.1) is 11.1 Å². The van der Waals surface area contributed by atoms with Gasteiger partial charge in [0, 0.05) is 12.1 Å². The van der Waals surface area contributed by atoms with Gasteiger partial charge >= 0.3 is 0 Å². The third kappa shape index (κ3) is 4.70. The van der Waals surface area contributed by atoms with Crippen molar-refractivity contribution in [1.82, 2.24) is 5.32 Å². The number of hydrogen-bond donors (Lipinski definition) is 1. The van der Waals surface area contributed by atoms with Crippen molar-refractivity contribution in [2.24, 2.45) is 0 Å². The van der Waals surface area contributed by atoms with Crippen LogP contribution in [0.5, 0.6) is 5.75 Å². The molecule has 0 aliphatic heterocycles. The van der Waals surface area contributed by atoms with E-state index in [1.165, 1.54) is 18.4 Å². The highest BCUT2D eigenvalue weighted by Crippen LogP contribution is 2.30. The molecule has 106 valence electrons. The molecule has 1 N–H and O–H groups in total. The van der Waals surface area contributed by atoms with Crippen LogP contribution in [0.15, 0.2) is 18.2 Å². The quantitative estimate of drug-likeness (QED) is 0.874. The smallest absolute Gasteiger partial charge is 0.138 e. The second-order valence-electron chi connectivity index (χ2n) is 6.39. The fraction of sp³-hybridized carbons (Fsp3) is 0.625. The van der Waals surface area contributed by atoms with E-state index in [2.05, 4.69) is 32.2 Å². The maximum absolute atomic E-state index is 6.31. The van der Waals surface area contributed by atoms with Gasteiger partial charge in [0.25, 0.3) is 0 Å². The Hall–Kier alpha value is -0.730. The van der Waals surface area contributed by atoms with E-state index in [1.54, 1.807) is 0 Å². The minimum Gasteiger partial charge on any atom is -0.489 e. The van der Waals surface area contributed by atoms with Gasteiger partial charge in [0.2, 0.25) is 0 Å². The van der Waals surface area contributed by atoms with Crippen LogP contribution in [0.1, 0.15) is 52.0 Å². The molecule has 0 aromatic heterocycles. The van der Waals surface area contributed by atoms with Crippen LogP contribution in [0.25, 0.3) is 0 Å². The summed E-state index contributed by atoms with van der Waals surface area (Å²) in [6.45, 7) is 7.30. The van der Waals surface area contributed by atoms with Crippen LogP contribution in [0.2, 0.25) is 5.02 Å². The van der Waals surface area contributed by atoms with Crippen LogP contribution < -0.4 is 10.1 Å². The first-order valence-electron chi connectivity index (χ1n) is 7.14. The highest BCUT2D eigenvalue weighted by Gasteiger charge is 2.18. The number of benzene rings is 1. The van der Waals surface area contributed by atoms with Crippen LogP contribution in [-0.4, -0.2) is 11.6 Å². The zero-order valence-electron chi connectivity index (χ0n) is 12.1. The molecule has 1 aliphatic carbocycles. The molecule has 19 heavy (non-hydrogen) atoms. The molecule has 0 saturated heterocycles. The SMILES string of the molecule is CC(C)(C)NCc1ccc(OC2CCCC2)c(Cl)c1. The summed E-state index contributed by atoms with van der Waals surface area (Å²) in [6, 6.07) is 6.10. The second-order valence-corrected chi connectivity index (χ2v) is 6.80. The van der Waals surface area contributed by atoms with Crippen LogP contribution in [0.3, 0.4) is 0 Å². The topological polar surface area (TPSA) is 21.3 Å². The van der Waals surface area contributed by atoms with Crippen molar-refractivity contribution >= 4 is 11.6 Å². The van der Waals surface area contributed by atoms with Gasteiger partial charge in [-0.15, -0.1) is 0 Å². The maximum Gasteiger partial charge on any atom is 0.138 e. The first kappa shape index (κ1) is 14.7. The lowest BCUT2D eigenvalue weighted by Gasteiger charge is -2.21. The lowest BCUT2D eigenvalue weighted by Crippen LogP contribution is -2.35. The molecule has 0 atom stereocenters. The predicted octanol–water partition coefficient (Wildman–Crippen LogP) is 4.55. The highest BCUT2D eigenvalue weighted by molar-refractivity contribution is 6.32. The van der Waals surface area contributed by atoms with Crippen molar-refractivity contribution in [1.29, 1.82) is 0 Å². The van der Waals surface area contributed by atoms with Gasteiger partial charge in [-0.2, -0.15) is 0 Å².